The SMILES string of the molecule is CCC1CCCC(C(O)c2c(C)cc(C)cc2OC)C1. The molecular weight excluding hydrogens is 248 g/mol. The highest BCUT2D eigenvalue weighted by Crippen LogP contribution is 2.42. The molecule has 112 valence electrons. The minimum atomic E-state index is -0.389. The number of hydrogen-bond donors (Lipinski definition) is 1. The van der Waals surface area contributed by atoms with Gasteiger partial charge >= 0.3 is 0 Å². The van der Waals surface area contributed by atoms with E-state index in [1.165, 1.54) is 24.8 Å². The van der Waals surface area contributed by atoms with Crippen molar-refractivity contribution in [3.05, 3.63) is 28.8 Å². The van der Waals surface area contributed by atoms with E-state index in [0.29, 0.717) is 5.92 Å². The molecule has 20 heavy (non-hydrogen) atoms. The summed E-state index contributed by atoms with van der Waals surface area (Å²) in [4.78, 5) is 0. The largest absolute Gasteiger partial charge is 0.496 e. The maximum atomic E-state index is 10.9. The monoisotopic (exact) mass is 276 g/mol. The Labute approximate surface area is 123 Å². The number of methoxy groups -OCH3 is 1. The lowest BCUT2D eigenvalue weighted by atomic mass is 9.75. The number of rotatable bonds is 4. The summed E-state index contributed by atoms with van der Waals surface area (Å²) in [5.41, 5.74) is 3.33. The molecule has 3 atom stereocenters. The van der Waals surface area contributed by atoms with E-state index in [-0.39, 0.29) is 6.10 Å². The zero-order valence-electron chi connectivity index (χ0n) is 13.3. The lowest BCUT2D eigenvalue weighted by molar-refractivity contribution is 0.0653. The molecule has 0 amide bonds. The normalized spacial score (nSPS) is 24.4. The average molecular weight is 276 g/mol. The third kappa shape index (κ3) is 3.17. The molecule has 2 nitrogen and oxygen atoms in total. The van der Waals surface area contributed by atoms with Crippen molar-refractivity contribution in [1.29, 1.82) is 0 Å². The molecule has 2 rings (SSSR count). The maximum Gasteiger partial charge on any atom is 0.125 e. The summed E-state index contributed by atoms with van der Waals surface area (Å²) in [6, 6.07) is 4.17. The van der Waals surface area contributed by atoms with Crippen LogP contribution >= 0.6 is 0 Å². The lowest BCUT2D eigenvalue weighted by Crippen LogP contribution is -2.22. The van der Waals surface area contributed by atoms with Crippen molar-refractivity contribution in [3.63, 3.8) is 0 Å². The molecule has 1 aromatic rings. The molecule has 0 bridgehead atoms. The second-order valence-corrected chi connectivity index (χ2v) is 6.34. The van der Waals surface area contributed by atoms with Crippen LogP contribution in [0.5, 0.6) is 5.75 Å². The number of ether oxygens (including phenoxy) is 1. The highest BCUT2D eigenvalue weighted by atomic mass is 16.5. The first kappa shape index (κ1) is 15.4. The van der Waals surface area contributed by atoms with Crippen LogP contribution in [-0.2, 0) is 0 Å². The Morgan fingerprint density at radius 1 is 1.30 bits per heavy atom. The van der Waals surface area contributed by atoms with Gasteiger partial charge in [0.05, 0.1) is 13.2 Å². The Hall–Kier alpha value is -1.02. The van der Waals surface area contributed by atoms with E-state index in [9.17, 15) is 5.11 Å². The first-order chi connectivity index (χ1) is 9.56. The van der Waals surface area contributed by atoms with E-state index in [2.05, 4.69) is 26.8 Å². The summed E-state index contributed by atoms with van der Waals surface area (Å²) in [6.07, 6.45) is 5.69. The summed E-state index contributed by atoms with van der Waals surface area (Å²) in [5, 5.41) is 10.9. The zero-order valence-corrected chi connectivity index (χ0v) is 13.3. The van der Waals surface area contributed by atoms with Crippen molar-refractivity contribution in [3.8, 4) is 5.75 Å². The van der Waals surface area contributed by atoms with Crippen LogP contribution in [0.1, 0.15) is 61.8 Å². The Morgan fingerprint density at radius 3 is 2.70 bits per heavy atom. The fraction of sp³-hybridized carbons (Fsp3) is 0.667. The molecule has 2 heteroatoms. The van der Waals surface area contributed by atoms with Gasteiger partial charge < -0.3 is 9.84 Å². The molecule has 0 heterocycles. The molecule has 1 aromatic carbocycles. The summed E-state index contributed by atoms with van der Waals surface area (Å²) in [5.74, 6) is 2.00. The van der Waals surface area contributed by atoms with Gasteiger partial charge in [-0.15, -0.1) is 0 Å². The van der Waals surface area contributed by atoms with E-state index < -0.39 is 0 Å². The zero-order chi connectivity index (χ0) is 14.7. The Balaban J connectivity index is 2.26. The van der Waals surface area contributed by atoms with Gasteiger partial charge in [0, 0.05) is 5.56 Å². The molecule has 1 N–H and O–H groups in total. The van der Waals surface area contributed by atoms with Gasteiger partial charge in [0.25, 0.3) is 0 Å². The fourth-order valence-electron chi connectivity index (χ4n) is 3.71. The van der Waals surface area contributed by atoms with Crippen molar-refractivity contribution >= 4 is 0 Å². The Kier molecular flexibility index (Phi) is 5.09. The van der Waals surface area contributed by atoms with Crippen LogP contribution < -0.4 is 4.74 Å². The maximum absolute atomic E-state index is 10.9. The number of aliphatic hydroxyl groups is 1. The van der Waals surface area contributed by atoms with Gasteiger partial charge in [-0.2, -0.15) is 0 Å². The highest BCUT2D eigenvalue weighted by Gasteiger charge is 2.30. The standard InChI is InChI=1S/C18H28O2/c1-5-14-7-6-8-15(11-14)18(19)17-13(3)9-12(2)10-16(17)20-4/h9-10,14-15,18-19H,5-8,11H2,1-4H3. The first-order valence-electron chi connectivity index (χ1n) is 7.90. The van der Waals surface area contributed by atoms with Crippen LogP contribution in [0, 0.1) is 25.7 Å². The summed E-state index contributed by atoms with van der Waals surface area (Å²) < 4.78 is 5.51. The number of hydrogen-bond acceptors (Lipinski definition) is 2. The number of aliphatic hydroxyl groups excluding tert-OH is 1. The van der Waals surface area contributed by atoms with Crippen LogP contribution in [0.25, 0.3) is 0 Å². The minimum absolute atomic E-state index is 0.379. The van der Waals surface area contributed by atoms with Gasteiger partial charge in [0.15, 0.2) is 0 Å². The molecule has 0 radical (unpaired) electrons. The molecule has 0 aromatic heterocycles. The van der Waals surface area contributed by atoms with E-state index in [0.717, 1.165) is 35.6 Å². The van der Waals surface area contributed by atoms with Crippen molar-refractivity contribution in [1.82, 2.24) is 0 Å². The molecule has 0 saturated heterocycles. The smallest absolute Gasteiger partial charge is 0.125 e. The molecule has 1 aliphatic carbocycles. The third-order valence-corrected chi connectivity index (χ3v) is 4.86. The summed E-state index contributed by atoms with van der Waals surface area (Å²) in [6.45, 7) is 6.41. The second-order valence-electron chi connectivity index (χ2n) is 6.34. The molecular formula is C18H28O2. The van der Waals surface area contributed by atoms with Gasteiger partial charge in [-0.3, -0.25) is 0 Å². The van der Waals surface area contributed by atoms with Gasteiger partial charge in [0.1, 0.15) is 5.75 Å². The minimum Gasteiger partial charge on any atom is -0.496 e. The topological polar surface area (TPSA) is 29.5 Å². The molecule has 1 saturated carbocycles. The summed E-state index contributed by atoms with van der Waals surface area (Å²) in [7, 11) is 1.69. The van der Waals surface area contributed by atoms with Crippen molar-refractivity contribution in [2.24, 2.45) is 11.8 Å². The third-order valence-electron chi connectivity index (χ3n) is 4.86. The molecule has 0 aliphatic heterocycles. The summed E-state index contributed by atoms with van der Waals surface area (Å²) >= 11 is 0. The highest BCUT2D eigenvalue weighted by molar-refractivity contribution is 5.44. The van der Waals surface area contributed by atoms with Crippen molar-refractivity contribution in [2.45, 2.75) is 59.0 Å². The lowest BCUT2D eigenvalue weighted by Gasteiger charge is -2.33. The number of aryl methyl sites for hydroxylation is 2. The van der Waals surface area contributed by atoms with E-state index in [1.807, 2.05) is 6.07 Å². The van der Waals surface area contributed by atoms with E-state index in [4.69, 9.17) is 4.74 Å². The Bertz CT molecular complexity index is 453. The van der Waals surface area contributed by atoms with Crippen LogP contribution in [0.15, 0.2) is 12.1 Å². The van der Waals surface area contributed by atoms with Crippen LogP contribution in [0.2, 0.25) is 0 Å². The van der Waals surface area contributed by atoms with Gasteiger partial charge in [0.2, 0.25) is 0 Å². The molecule has 1 aliphatic rings. The van der Waals surface area contributed by atoms with Crippen LogP contribution in [-0.4, -0.2) is 12.2 Å². The molecule has 3 unspecified atom stereocenters. The Morgan fingerprint density at radius 2 is 2.05 bits per heavy atom. The fourth-order valence-corrected chi connectivity index (χ4v) is 3.71. The predicted octanol–water partition coefficient (Wildman–Crippen LogP) is 4.56. The number of benzene rings is 1. The van der Waals surface area contributed by atoms with Crippen LogP contribution in [0.4, 0.5) is 0 Å². The van der Waals surface area contributed by atoms with Gasteiger partial charge in [-0.05, 0) is 55.7 Å². The second kappa shape index (κ2) is 6.62. The molecule has 1 fully saturated rings. The van der Waals surface area contributed by atoms with Crippen molar-refractivity contribution < 1.29 is 9.84 Å². The van der Waals surface area contributed by atoms with E-state index >= 15 is 0 Å². The predicted molar refractivity (Wildman–Crippen MR) is 83.2 cm³/mol. The van der Waals surface area contributed by atoms with Crippen molar-refractivity contribution in [2.75, 3.05) is 7.11 Å². The van der Waals surface area contributed by atoms with Crippen LogP contribution in [0.3, 0.4) is 0 Å². The van der Waals surface area contributed by atoms with Gasteiger partial charge in [-0.25, -0.2) is 0 Å². The van der Waals surface area contributed by atoms with E-state index in [1.54, 1.807) is 7.11 Å². The average Bonchev–Trinajstić information content (AvgIpc) is 2.45. The van der Waals surface area contributed by atoms with Gasteiger partial charge in [-0.1, -0.05) is 32.3 Å². The first-order valence-corrected chi connectivity index (χ1v) is 7.90. The molecule has 0 spiro atoms. The quantitative estimate of drug-likeness (QED) is 0.873.